The van der Waals surface area contributed by atoms with Crippen molar-refractivity contribution < 1.29 is 4.79 Å². The molecular formula is C9H15N5O. The average Bonchev–Trinajstić information content (AvgIpc) is 2.70. The molecule has 6 nitrogen and oxygen atoms in total. The van der Waals surface area contributed by atoms with Crippen LogP contribution < -0.4 is 5.32 Å². The first-order valence-electron chi connectivity index (χ1n) is 5.11. The molecule has 1 N–H and O–H groups in total. The van der Waals surface area contributed by atoms with Gasteiger partial charge in [0, 0.05) is 31.9 Å². The lowest BCUT2D eigenvalue weighted by Crippen LogP contribution is -2.52. The van der Waals surface area contributed by atoms with Gasteiger partial charge >= 0.3 is 0 Å². The van der Waals surface area contributed by atoms with Gasteiger partial charge in [0.25, 0.3) is 0 Å². The molecule has 0 spiro atoms. The van der Waals surface area contributed by atoms with E-state index < -0.39 is 0 Å². The van der Waals surface area contributed by atoms with E-state index >= 15 is 0 Å². The highest BCUT2D eigenvalue weighted by Gasteiger charge is 2.20. The molecule has 2 rings (SSSR count). The van der Waals surface area contributed by atoms with Crippen molar-refractivity contribution in [3.05, 3.63) is 12.4 Å². The summed E-state index contributed by atoms with van der Waals surface area (Å²) in [5.74, 6) is 0.105. The molecule has 1 saturated heterocycles. The second-order valence-electron chi connectivity index (χ2n) is 3.80. The molecule has 1 fully saturated rings. The molecule has 1 aromatic rings. The van der Waals surface area contributed by atoms with E-state index in [9.17, 15) is 4.79 Å². The topological polar surface area (TPSA) is 63.1 Å². The molecule has 0 bridgehead atoms. The number of nitrogens with zero attached hydrogens (tertiary/aromatic N) is 4. The van der Waals surface area contributed by atoms with E-state index in [1.807, 2.05) is 4.90 Å². The fourth-order valence-corrected chi connectivity index (χ4v) is 1.71. The Morgan fingerprint density at radius 2 is 2.53 bits per heavy atom. The van der Waals surface area contributed by atoms with Crippen LogP contribution in [0, 0.1) is 0 Å². The zero-order valence-electron chi connectivity index (χ0n) is 8.76. The summed E-state index contributed by atoms with van der Waals surface area (Å²) in [6.45, 7) is 4.78. The van der Waals surface area contributed by atoms with Crippen molar-refractivity contribution in [2.45, 2.75) is 19.5 Å². The van der Waals surface area contributed by atoms with E-state index in [0.717, 1.165) is 19.6 Å². The maximum absolute atomic E-state index is 11.8. The minimum absolute atomic E-state index is 0.105. The Kier molecular flexibility index (Phi) is 2.96. The van der Waals surface area contributed by atoms with E-state index in [-0.39, 0.29) is 12.5 Å². The molecule has 0 saturated carbocycles. The van der Waals surface area contributed by atoms with Gasteiger partial charge in [0.2, 0.25) is 5.91 Å². The summed E-state index contributed by atoms with van der Waals surface area (Å²) in [6.07, 6.45) is 3.27. The highest BCUT2D eigenvalue weighted by molar-refractivity contribution is 5.76. The molecule has 0 aromatic carbocycles. The molecule has 0 aliphatic carbocycles. The zero-order valence-corrected chi connectivity index (χ0v) is 8.76. The molecule has 15 heavy (non-hydrogen) atoms. The van der Waals surface area contributed by atoms with Crippen molar-refractivity contribution in [3.8, 4) is 0 Å². The summed E-state index contributed by atoms with van der Waals surface area (Å²) in [6, 6.07) is 0.374. The van der Waals surface area contributed by atoms with E-state index in [4.69, 9.17) is 0 Å². The summed E-state index contributed by atoms with van der Waals surface area (Å²) < 4.78 is 1.55. The van der Waals surface area contributed by atoms with E-state index in [1.165, 1.54) is 0 Å². The largest absolute Gasteiger partial charge is 0.338 e. The van der Waals surface area contributed by atoms with Crippen molar-refractivity contribution in [1.29, 1.82) is 0 Å². The first-order chi connectivity index (χ1) is 7.25. The van der Waals surface area contributed by atoms with Crippen LogP contribution in [0.2, 0.25) is 0 Å². The van der Waals surface area contributed by atoms with Crippen molar-refractivity contribution in [3.63, 3.8) is 0 Å². The first kappa shape index (κ1) is 10.1. The maximum atomic E-state index is 11.8. The van der Waals surface area contributed by atoms with Crippen molar-refractivity contribution in [1.82, 2.24) is 25.2 Å². The molecule has 1 aromatic heterocycles. The van der Waals surface area contributed by atoms with Crippen LogP contribution in [0.5, 0.6) is 0 Å². The third kappa shape index (κ3) is 2.53. The molecule has 1 aliphatic heterocycles. The second kappa shape index (κ2) is 4.39. The number of carbonyl (C=O) groups is 1. The minimum atomic E-state index is 0.105. The lowest BCUT2D eigenvalue weighted by Gasteiger charge is -2.31. The smallest absolute Gasteiger partial charge is 0.244 e. The summed E-state index contributed by atoms with van der Waals surface area (Å²) >= 11 is 0. The van der Waals surface area contributed by atoms with Crippen molar-refractivity contribution >= 4 is 5.91 Å². The second-order valence-corrected chi connectivity index (χ2v) is 3.80. The van der Waals surface area contributed by atoms with Gasteiger partial charge in [0.1, 0.15) is 6.54 Å². The molecule has 1 amide bonds. The Labute approximate surface area is 88.2 Å². The highest BCUT2D eigenvalue weighted by Crippen LogP contribution is 2.00. The number of aromatic nitrogens is 3. The molecule has 2 heterocycles. The van der Waals surface area contributed by atoms with E-state index in [0.29, 0.717) is 6.04 Å². The molecule has 1 aliphatic rings. The lowest BCUT2D eigenvalue weighted by atomic mass is 10.2. The van der Waals surface area contributed by atoms with Gasteiger partial charge in [-0.05, 0) is 6.92 Å². The van der Waals surface area contributed by atoms with Crippen molar-refractivity contribution in [2.24, 2.45) is 0 Å². The lowest BCUT2D eigenvalue weighted by molar-refractivity contribution is -0.133. The van der Waals surface area contributed by atoms with Gasteiger partial charge in [-0.1, -0.05) is 5.21 Å². The van der Waals surface area contributed by atoms with Gasteiger partial charge < -0.3 is 10.2 Å². The van der Waals surface area contributed by atoms with Gasteiger partial charge in [-0.25, -0.2) is 4.68 Å². The number of nitrogens with one attached hydrogen (secondary N) is 1. The number of hydrogen-bond acceptors (Lipinski definition) is 4. The van der Waals surface area contributed by atoms with Crippen molar-refractivity contribution in [2.75, 3.05) is 19.6 Å². The Morgan fingerprint density at radius 3 is 3.20 bits per heavy atom. The summed E-state index contributed by atoms with van der Waals surface area (Å²) in [5, 5.41) is 10.7. The Hall–Kier alpha value is -1.43. The van der Waals surface area contributed by atoms with Gasteiger partial charge in [0.15, 0.2) is 0 Å². The van der Waals surface area contributed by atoms with Crippen LogP contribution >= 0.6 is 0 Å². The van der Waals surface area contributed by atoms with Crippen LogP contribution in [0.15, 0.2) is 12.4 Å². The van der Waals surface area contributed by atoms with Crippen LogP contribution in [0.3, 0.4) is 0 Å². The average molecular weight is 209 g/mol. The predicted octanol–water partition coefficient (Wildman–Crippen LogP) is -0.902. The van der Waals surface area contributed by atoms with Crippen LogP contribution in [-0.2, 0) is 11.3 Å². The number of carbonyl (C=O) groups excluding carboxylic acids is 1. The maximum Gasteiger partial charge on any atom is 0.244 e. The van der Waals surface area contributed by atoms with Gasteiger partial charge in [-0.2, -0.15) is 0 Å². The fourth-order valence-electron chi connectivity index (χ4n) is 1.71. The third-order valence-corrected chi connectivity index (χ3v) is 2.49. The van der Waals surface area contributed by atoms with E-state index in [2.05, 4.69) is 22.6 Å². The number of hydrogen-bond donors (Lipinski definition) is 1. The standard InChI is InChI=1S/C9H15N5O/c1-8-6-13(4-2-10-8)9(15)7-14-5-3-11-12-14/h3,5,8,10H,2,4,6-7H2,1H3. The van der Waals surface area contributed by atoms with Gasteiger partial charge in [-0.15, -0.1) is 5.10 Å². The normalized spacial score (nSPS) is 21.7. The zero-order chi connectivity index (χ0) is 10.7. The summed E-state index contributed by atoms with van der Waals surface area (Å²) in [5.41, 5.74) is 0. The first-order valence-corrected chi connectivity index (χ1v) is 5.11. The van der Waals surface area contributed by atoms with Crippen LogP contribution in [0.25, 0.3) is 0 Å². The SMILES string of the molecule is CC1CN(C(=O)Cn2ccnn2)CCN1. The van der Waals surface area contributed by atoms with Gasteiger partial charge in [-0.3, -0.25) is 4.79 Å². The quantitative estimate of drug-likeness (QED) is 0.685. The predicted molar refractivity (Wildman–Crippen MR) is 54.1 cm³/mol. The number of amides is 1. The van der Waals surface area contributed by atoms with Crippen LogP contribution in [0.4, 0.5) is 0 Å². The van der Waals surface area contributed by atoms with Crippen LogP contribution in [0.1, 0.15) is 6.92 Å². The van der Waals surface area contributed by atoms with Gasteiger partial charge in [0.05, 0.1) is 6.20 Å². The number of piperazine rings is 1. The number of rotatable bonds is 2. The molecule has 0 radical (unpaired) electrons. The molecular weight excluding hydrogens is 194 g/mol. The molecule has 6 heteroatoms. The Balaban J connectivity index is 1.90. The molecule has 1 unspecified atom stereocenters. The highest BCUT2D eigenvalue weighted by atomic mass is 16.2. The molecule has 82 valence electrons. The summed E-state index contributed by atoms with van der Waals surface area (Å²) in [7, 11) is 0. The summed E-state index contributed by atoms with van der Waals surface area (Å²) in [4.78, 5) is 13.7. The molecule has 1 atom stereocenters. The third-order valence-electron chi connectivity index (χ3n) is 2.49. The minimum Gasteiger partial charge on any atom is -0.338 e. The van der Waals surface area contributed by atoms with E-state index in [1.54, 1.807) is 17.1 Å². The Bertz CT molecular complexity index is 323. The monoisotopic (exact) mass is 209 g/mol. The Morgan fingerprint density at radius 1 is 1.67 bits per heavy atom. The van der Waals surface area contributed by atoms with Crippen LogP contribution in [-0.4, -0.2) is 51.5 Å². The fraction of sp³-hybridized carbons (Fsp3) is 0.667.